The lowest BCUT2D eigenvalue weighted by Crippen LogP contribution is -1.94. The van der Waals surface area contributed by atoms with Crippen LogP contribution >= 0.6 is 35.0 Å². The Morgan fingerprint density at radius 2 is 2.10 bits per heavy atom. The van der Waals surface area contributed by atoms with Gasteiger partial charge in [0.15, 0.2) is 10.8 Å². The Kier molecular flexibility index (Phi) is 4.10. The molecule has 0 unspecified atom stereocenters. The van der Waals surface area contributed by atoms with Crippen LogP contribution in [0.3, 0.4) is 0 Å². The normalized spacial score (nSPS) is 11.1. The maximum atomic E-state index is 6.08. The summed E-state index contributed by atoms with van der Waals surface area (Å²) in [6, 6.07) is 7.57. The van der Waals surface area contributed by atoms with Gasteiger partial charge in [-0.3, -0.25) is 9.38 Å². The van der Waals surface area contributed by atoms with E-state index in [4.69, 9.17) is 23.2 Å². The average Bonchev–Trinajstić information content (AvgIpc) is 2.83. The van der Waals surface area contributed by atoms with Gasteiger partial charge in [-0.1, -0.05) is 41.0 Å². The summed E-state index contributed by atoms with van der Waals surface area (Å²) in [4.78, 5) is 4.29. The first kappa shape index (κ1) is 13.7. The van der Waals surface area contributed by atoms with Crippen LogP contribution in [-0.2, 0) is 6.42 Å². The quantitative estimate of drug-likeness (QED) is 0.685. The third kappa shape index (κ3) is 2.90. The second kappa shape index (κ2) is 5.99. The van der Waals surface area contributed by atoms with Crippen LogP contribution in [0.25, 0.3) is 5.65 Å². The van der Waals surface area contributed by atoms with Crippen molar-refractivity contribution in [3.05, 3.63) is 52.4 Å². The third-order valence-electron chi connectivity index (χ3n) is 2.71. The summed E-state index contributed by atoms with van der Waals surface area (Å²) in [6.07, 6.45) is 4.44. The topological polar surface area (TPSA) is 43.1 Å². The molecule has 0 amide bonds. The zero-order chi connectivity index (χ0) is 13.9. The molecule has 0 N–H and O–H groups in total. The highest BCUT2D eigenvalue weighted by Gasteiger charge is 2.10. The van der Waals surface area contributed by atoms with Gasteiger partial charge >= 0.3 is 0 Å². The number of hydrogen-bond donors (Lipinski definition) is 0. The average molecular weight is 325 g/mol. The molecule has 0 atom stereocenters. The van der Waals surface area contributed by atoms with Gasteiger partial charge < -0.3 is 0 Å². The molecule has 3 aromatic heterocycles. The minimum Gasteiger partial charge on any atom is -0.275 e. The lowest BCUT2D eigenvalue weighted by Gasteiger charge is -2.01. The summed E-state index contributed by atoms with van der Waals surface area (Å²) in [5.41, 5.74) is 1.68. The molecule has 0 aliphatic heterocycles. The Morgan fingerprint density at radius 1 is 1.20 bits per heavy atom. The molecule has 0 aliphatic rings. The number of thioether (sulfide) groups is 1. The molecule has 3 rings (SSSR count). The Hall–Kier alpha value is -1.30. The van der Waals surface area contributed by atoms with E-state index in [-0.39, 0.29) is 0 Å². The van der Waals surface area contributed by atoms with Gasteiger partial charge in [0.25, 0.3) is 0 Å². The van der Waals surface area contributed by atoms with Crippen molar-refractivity contribution in [1.82, 2.24) is 19.6 Å². The zero-order valence-corrected chi connectivity index (χ0v) is 12.7. The number of aromatic nitrogens is 4. The summed E-state index contributed by atoms with van der Waals surface area (Å²) in [5, 5.41) is 10.1. The zero-order valence-electron chi connectivity index (χ0n) is 10.3. The minimum atomic E-state index is 0.501. The number of halogens is 2. The molecule has 0 fully saturated rings. The van der Waals surface area contributed by atoms with Crippen molar-refractivity contribution in [2.45, 2.75) is 11.6 Å². The summed E-state index contributed by atoms with van der Waals surface area (Å²) in [5.74, 6) is 0.863. The summed E-state index contributed by atoms with van der Waals surface area (Å²) in [6.45, 7) is 0. The van der Waals surface area contributed by atoms with E-state index in [0.29, 0.717) is 15.7 Å². The Morgan fingerprint density at radius 3 is 2.90 bits per heavy atom. The highest BCUT2D eigenvalue weighted by molar-refractivity contribution is 7.99. The summed E-state index contributed by atoms with van der Waals surface area (Å²) >= 11 is 13.7. The first-order valence-corrected chi connectivity index (χ1v) is 7.70. The van der Waals surface area contributed by atoms with Crippen LogP contribution in [0, 0.1) is 0 Å². The van der Waals surface area contributed by atoms with Crippen LogP contribution in [0.4, 0.5) is 0 Å². The van der Waals surface area contributed by atoms with Crippen LogP contribution in [0.2, 0.25) is 10.0 Å². The van der Waals surface area contributed by atoms with E-state index in [1.54, 1.807) is 30.2 Å². The van der Waals surface area contributed by atoms with E-state index < -0.39 is 0 Å². The molecule has 3 heterocycles. The molecule has 0 saturated heterocycles. The highest BCUT2D eigenvalue weighted by Crippen LogP contribution is 2.25. The first-order chi connectivity index (χ1) is 9.74. The molecule has 0 radical (unpaired) electrons. The lowest BCUT2D eigenvalue weighted by atomic mass is 10.3. The first-order valence-electron chi connectivity index (χ1n) is 5.96. The maximum absolute atomic E-state index is 6.08. The van der Waals surface area contributed by atoms with Gasteiger partial charge in [0, 0.05) is 23.8 Å². The number of nitrogens with zero attached hydrogens (tertiary/aromatic N) is 4. The standard InChI is InChI=1S/C13H10Cl2N4S/c14-9-7-11(15)12-17-18-13(19(12)8-9)20-6-4-10-3-1-2-5-16-10/h1-3,5,7-8H,4,6H2. The summed E-state index contributed by atoms with van der Waals surface area (Å²) < 4.78 is 1.81. The second-order valence-electron chi connectivity index (χ2n) is 4.10. The Labute approximate surface area is 130 Å². The van der Waals surface area contributed by atoms with Crippen molar-refractivity contribution in [2.75, 3.05) is 5.75 Å². The molecule has 20 heavy (non-hydrogen) atoms. The molecule has 0 aliphatic carbocycles. The van der Waals surface area contributed by atoms with E-state index in [9.17, 15) is 0 Å². The molecule has 102 valence electrons. The largest absolute Gasteiger partial charge is 0.275 e. The van der Waals surface area contributed by atoms with E-state index >= 15 is 0 Å². The van der Waals surface area contributed by atoms with Crippen molar-refractivity contribution in [2.24, 2.45) is 0 Å². The van der Waals surface area contributed by atoms with E-state index in [1.807, 2.05) is 22.6 Å². The molecule has 0 bridgehead atoms. The molecule has 3 aromatic rings. The van der Waals surface area contributed by atoms with Crippen molar-refractivity contribution in [3.63, 3.8) is 0 Å². The highest BCUT2D eigenvalue weighted by atomic mass is 35.5. The molecule has 0 saturated carbocycles. The number of pyridine rings is 2. The van der Waals surface area contributed by atoms with Gasteiger partial charge in [0.1, 0.15) is 0 Å². The fourth-order valence-corrected chi connectivity index (χ4v) is 3.17. The van der Waals surface area contributed by atoms with Gasteiger partial charge in [0.05, 0.1) is 10.0 Å². The third-order valence-corrected chi connectivity index (χ3v) is 4.14. The molecule has 7 heteroatoms. The molecule has 0 spiro atoms. The minimum absolute atomic E-state index is 0.501. The van der Waals surface area contributed by atoms with Crippen molar-refractivity contribution >= 4 is 40.6 Å². The molecule has 0 aromatic carbocycles. The van der Waals surface area contributed by atoms with Crippen LogP contribution < -0.4 is 0 Å². The van der Waals surface area contributed by atoms with Crippen molar-refractivity contribution in [1.29, 1.82) is 0 Å². The van der Waals surface area contributed by atoms with Gasteiger partial charge in [-0.15, -0.1) is 10.2 Å². The maximum Gasteiger partial charge on any atom is 0.195 e. The van der Waals surface area contributed by atoms with E-state index in [0.717, 1.165) is 23.0 Å². The monoisotopic (exact) mass is 324 g/mol. The predicted molar refractivity (Wildman–Crippen MR) is 81.7 cm³/mol. The Bertz CT molecular complexity index is 730. The second-order valence-corrected chi connectivity index (χ2v) is 6.01. The Balaban J connectivity index is 1.75. The van der Waals surface area contributed by atoms with Crippen LogP contribution in [0.15, 0.2) is 41.8 Å². The smallest absolute Gasteiger partial charge is 0.195 e. The van der Waals surface area contributed by atoms with Gasteiger partial charge in [-0.25, -0.2) is 0 Å². The lowest BCUT2D eigenvalue weighted by molar-refractivity contribution is 0.917. The van der Waals surface area contributed by atoms with Gasteiger partial charge in [0.2, 0.25) is 0 Å². The molecular weight excluding hydrogens is 315 g/mol. The number of aryl methyl sites for hydroxylation is 1. The van der Waals surface area contributed by atoms with Crippen LogP contribution in [0.5, 0.6) is 0 Å². The van der Waals surface area contributed by atoms with Crippen LogP contribution in [0.1, 0.15) is 5.69 Å². The predicted octanol–water partition coefficient (Wildman–Crippen LogP) is 3.77. The van der Waals surface area contributed by atoms with E-state index in [2.05, 4.69) is 15.2 Å². The number of hydrogen-bond acceptors (Lipinski definition) is 4. The van der Waals surface area contributed by atoms with Crippen molar-refractivity contribution in [3.8, 4) is 0 Å². The van der Waals surface area contributed by atoms with Crippen LogP contribution in [-0.4, -0.2) is 25.3 Å². The van der Waals surface area contributed by atoms with Gasteiger partial charge in [-0.05, 0) is 24.6 Å². The number of rotatable bonds is 4. The van der Waals surface area contributed by atoms with Crippen molar-refractivity contribution < 1.29 is 0 Å². The van der Waals surface area contributed by atoms with E-state index in [1.165, 1.54) is 0 Å². The summed E-state index contributed by atoms with van der Waals surface area (Å²) in [7, 11) is 0. The number of fused-ring (bicyclic) bond motifs is 1. The fourth-order valence-electron chi connectivity index (χ4n) is 1.79. The van der Waals surface area contributed by atoms with Gasteiger partial charge in [-0.2, -0.15) is 0 Å². The SMILES string of the molecule is Clc1cc(Cl)c2nnc(SCCc3ccccn3)n2c1. The fraction of sp³-hybridized carbons (Fsp3) is 0.154. The molecule has 4 nitrogen and oxygen atoms in total. The molecular formula is C13H10Cl2N4S.